The summed E-state index contributed by atoms with van der Waals surface area (Å²) in [5.74, 6) is 0.574. The topological polar surface area (TPSA) is 43.4 Å². The Morgan fingerprint density at radius 3 is 2.29 bits per heavy atom. The van der Waals surface area contributed by atoms with E-state index in [1.807, 2.05) is 0 Å². The highest BCUT2D eigenvalue weighted by molar-refractivity contribution is 7.90. The summed E-state index contributed by atoms with van der Waals surface area (Å²) >= 11 is 0. The fraction of sp³-hybridized carbons (Fsp3) is 0.600. The molecule has 14 heavy (non-hydrogen) atoms. The second kappa shape index (κ2) is 3.12. The summed E-state index contributed by atoms with van der Waals surface area (Å²) in [5, 5.41) is 0. The van der Waals surface area contributed by atoms with Crippen molar-refractivity contribution in [1.29, 1.82) is 0 Å². The average molecular weight is 214 g/mol. The van der Waals surface area contributed by atoms with Gasteiger partial charge in [0.1, 0.15) is 5.76 Å². The minimum atomic E-state index is -3.46. The Hall–Kier alpha value is -0.770. The first-order chi connectivity index (χ1) is 6.52. The second-order valence-electron chi connectivity index (χ2n) is 3.81. The molecular weight excluding hydrogens is 200 g/mol. The van der Waals surface area contributed by atoms with Crippen molar-refractivity contribution in [2.45, 2.75) is 39.5 Å². The van der Waals surface area contributed by atoms with Crippen LogP contribution >= 0.6 is 0 Å². The van der Waals surface area contributed by atoms with Gasteiger partial charge in [-0.15, -0.1) is 0 Å². The summed E-state index contributed by atoms with van der Waals surface area (Å²) in [6.07, 6.45) is 4.04. The van der Waals surface area contributed by atoms with Gasteiger partial charge in [0.25, 0.3) is 0 Å². The first-order valence-electron chi connectivity index (χ1n) is 4.87. The van der Waals surface area contributed by atoms with Gasteiger partial charge in [-0.25, -0.2) is 0 Å². The number of hydrogen-bond acceptors (Lipinski definition) is 3. The zero-order chi connectivity index (χ0) is 10.3. The predicted octanol–water partition coefficient (Wildman–Crippen LogP) is 2.47. The summed E-state index contributed by atoms with van der Waals surface area (Å²) in [5.41, 5.74) is 2.11. The average Bonchev–Trinajstić information content (AvgIpc) is 2.14. The number of hydrogen-bond donors (Lipinski definition) is 0. The van der Waals surface area contributed by atoms with E-state index in [9.17, 15) is 8.42 Å². The van der Waals surface area contributed by atoms with Crippen LogP contribution in [0.15, 0.2) is 21.8 Å². The van der Waals surface area contributed by atoms with Crippen molar-refractivity contribution < 1.29 is 12.6 Å². The van der Waals surface area contributed by atoms with Gasteiger partial charge in [0.2, 0.25) is 0 Å². The Morgan fingerprint density at radius 1 is 1.07 bits per heavy atom. The molecule has 0 bridgehead atoms. The lowest BCUT2D eigenvalue weighted by Gasteiger charge is -2.26. The number of fused-ring (bicyclic) bond motifs is 1. The number of allylic oxidation sites excluding steroid dienone is 4. The molecule has 0 amide bonds. The number of rotatable bonds is 0. The van der Waals surface area contributed by atoms with Crippen LogP contribution in [0.5, 0.6) is 0 Å². The van der Waals surface area contributed by atoms with Crippen molar-refractivity contribution in [1.82, 2.24) is 0 Å². The van der Waals surface area contributed by atoms with Gasteiger partial charge in [-0.2, -0.15) is 8.42 Å². The summed E-state index contributed by atoms with van der Waals surface area (Å²) in [4.78, 5) is 0.415. The molecule has 0 aromatic heterocycles. The largest absolute Gasteiger partial charge is 0.384 e. The van der Waals surface area contributed by atoms with Crippen LogP contribution in [0.1, 0.15) is 39.5 Å². The van der Waals surface area contributed by atoms with Gasteiger partial charge >= 0.3 is 10.1 Å². The van der Waals surface area contributed by atoms with Crippen LogP contribution in [0, 0.1) is 0 Å². The lowest BCUT2D eigenvalue weighted by molar-refractivity contribution is 0.398. The molecule has 2 rings (SSSR count). The molecule has 0 atom stereocenters. The Bertz CT molecular complexity index is 426. The minimum absolute atomic E-state index is 0.415. The molecule has 1 aliphatic heterocycles. The molecule has 0 saturated heterocycles. The van der Waals surface area contributed by atoms with Crippen molar-refractivity contribution in [3.63, 3.8) is 0 Å². The van der Waals surface area contributed by atoms with E-state index in [1.54, 1.807) is 13.8 Å². The molecule has 1 fully saturated rings. The summed E-state index contributed by atoms with van der Waals surface area (Å²) in [6, 6.07) is 0. The molecule has 1 aliphatic carbocycles. The molecule has 3 nitrogen and oxygen atoms in total. The maximum atomic E-state index is 11.5. The van der Waals surface area contributed by atoms with E-state index >= 15 is 0 Å². The van der Waals surface area contributed by atoms with Crippen LogP contribution in [0.4, 0.5) is 0 Å². The van der Waals surface area contributed by atoms with Gasteiger partial charge in [0.05, 0.1) is 4.91 Å². The highest BCUT2D eigenvalue weighted by Gasteiger charge is 2.30. The van der Waals surface area contributed by atoms with Crippen LogP contribution in [0.25, 0.3) is 0 Å². The Morgan fingerprint density at radius 2 is 1.64 bits per heavy atom. The van der Waals surface area contributed by atoms with Gasteiger partial charge in [-0.1, -0.05) is 0 Å². The zero-order valence-corrected chi connectivity index (χ0v) is 9.28. The van der Waals surface area contributed by atoms with E-state index < -0.39 is 10.1 Å². The van der Waals surface area contributed by atoms with E-state index in [1.165, 1.54) is 0 Å². The first kappa shape index (κ1) is 9.77. The highest BCUT2D eigenvalue weighted by Crippen LogP contribution is 2.39. The standard InChI is InChI=1S/C10H14O3S/c1-7-9-5-3-4-6-10(9)8(2)14(11,12)13-7/h3-6H2,1-2H3. The lowest BCUT2D eigenvalue weighted by atomic mass is 9.88. The fourth-order valence-corrected chi connectivity index (χ4v) is 3.19. The molecule has 0 radical (unpaired) electrons. The first-order valence-corrected chi connectivity index (χ1v) is 6.27. The smallest absolute Gasteiger partial charge is 0.334 e. The van der Waals surface area contributed by atoms with Gasteiger partial charge in [-0.05, 0) is 50.7 Å². The summed E-state index contributed by atoms with van der Waals surface area (Å²) < 4.78 is 28.0. The van der Waals surface area contributed by atoms with E-state index in [0.29, 0.717) is 10.7 Å². The van der Waals surface area contributed by atoms with Gasteiger partial charge < -0.3 is 4.18 Å². The van der Waals surface area contributed by atoms with Crippen molar-refractivity contribution in [3.05, 3.63) is 21.8 Å². The molecule has 2 aliphatic rings. The van der Waals surface area contributed by atoms with Crippen molar-refractivity contribution in [3.8, 4) is 0 Å². The van der Waals surface area contributed by atoms with Crippen LogP contribution < -0.4 is 0 Å². The van der Waals surface area contributed by atoms with Crippen molar-refractivity contribution >= 4 is 10.1 Å². The van der Waals surface area contributed by atoms with E-state index in [2.05, 4.69) is 0 Å². The van der Waals surface area contributed by atoms with Crippen LogP contribution in [-0.2, 0) is 14.3 Å². The third-order valence-corrected chi connectivity index (χ3v) is 4.39. The molecule has 0 N–H and O–H groups in total. The Labute approximate surface area is 84.6 Å². The molecular formula is C10H14O3S. The third-order valence-electron chi connectivity index (χ3n) is 2.93. The normalized spacial score (nSPS) is 25.9. The molecule has 1 heterocycles. The van der Waals surface area contributed by atoms with Gasteiger partial charge in [0.15, 0.2) is 0 Å². The highest BCUT2D eigenvalue weighted by atomic mass is 32.2. The molecule has 1 saturated carbocycles. The van der Waals surface area contributed by atoms with Crippen LogP contribution in [0.3, 0.4) is 0 Å². The van der Waals surface area contributed by atoms with Gasteiger partial charge in [-0.3, -0.25) is 0 Å². The van der Waals surface area contributed by atoms with Crippen molar-refractivity contribution in [2.24, 2.45) is 0 Å². The van der Waals surface area contributed by atoms with Crippen molar-refractivity contribution in [2.75, 3.05) is 0 Å². The van der Waals surface area contributed by atoms with Crippen LogP contribution in [-0.4, -0.2) is 8.42 Å². The lowest BCUT2D eigenvalue weighted by Crippen LogP contribution is -2.18. The monoisotopic (exact) mass is 214 g/mol. The quantitative estimate of drug-likeness (QED) is 0.582. The Kier molecular flexibility index (Phi) is 2.18. The van der Waals surface area contributed by atoms with E-state index in [4.69, 9.17) is 4.18 Å². The Balaban J connectivity index is 2.58. The van der Waals surface area contributed by atoms with E-state index in [0.717, 1.165) is 36.8 Å². The summed E-state index contributed by atoms with van der Waals surface area (Å²) in [7, 11) is -3.46. The predicted molar refractivity (Wildman–Crippen MR) is 53.9 cm³/mol. The maximum Gasteiger partial charge on any atom is 0.334 e. The minimum Gasteiger partial charge on any atom is -0.384 e. The SMILES string of the molecule is CC1=C2CCCCC2=C(C)S(=O)(=O)O1. The molecule has 0 aromatic rings. The van der Waals surface area contributed by atoms with E-state index in [-0.39, 0.29) is 0 Å². The van der Waals surface area contributed by atoms with Crippen LogP contribution in [0.2, 0.25) is 0 Å². The zero-order valence-electron chi connectivity index (χ0n) is 8.46. The molecule has 4 heteroatoms. The molecule has 0 spiro atoms. The van der Waals surface area contributed by atoms with Gasteiger partial charge in [0, 0.05) is 0 Å². The fourth-order valence-electron chi connectivity index (χ4n) is 2.11. The molecule has 0 aromatic carbocycles. The third kappa shape index (κ3) is 1.38. The second-order valence-corrected chi connectivity index (χ2v) is 5.50. The summed E-state index contributed by atoms with van der Waals surface area (Å²) in [6.45, 7) is 3.38. The maximum absolute atomic E-state index is 11.5. The molecule has 0 unspecified atom stereocenters. The molecule has 78 valence electrons.